The maximum Gasteiger partial charge on any atom is 0.173 e. The van der Waals surface area contributed by atoms with Gasteiger partial charge in [-0.1, -0.05) is 30.0 Å². The van der Waals surface area contributed by atoms with Crippen LogP contribution in [0, 0.1) is 19.7 Å². The Bertz CT molecular complexity index is 1020. The van der Waals surface area contributed by atoms with E-state index in [2.05, 4.69) is 22.2 Å². The molecule has 1 aliphatic rings. The summed E-state index contributed by atoms with van der Waals surface area (Å²) in [5, 5.41) is 16.3. The molecule has 28 heavy (non-hydrogen) atoms. The minimum Gasteiger partial charge on any atom is -0.301 e. The summed E-state index contributed by atoms with van der Waals surface area (Å²) in [4.78, 5) is 0. The quantitative estimate of drug-likeness (QED) is 0.713. The van der Waals surface area contributed by atoms with E-state index in [-0.39, 0.29) is 17.4 Å². The molecule has 0 aliphatic carbocycles. The second kappa shape index (κ2) is 7.40. The number of benzene rings is 1. The zero-order chi connectivity index (χ0) is 19.8. The van der Waals surface area contributed by atoms with Crippen molar-refractivity contribution in [3.8, 4) is 0 Å². The van der Waals surface area contributed by atoms with E-state index in [1.54, 1.807) is 28.0 Å². The largest absolute Gasteiger partial charge is 0.301 e. The van der Waals surface area contributed by atoms with Crippen molar-refractivity contribution in [2.45, 2.75) is 38.9 Å². The number of hydrazone groups is 1. The van der Waals surface area contributed by atoms with Crippen LogP contribution in [0.1, 0.15) is 29.9 Å². The van der Waals surface area contributed by atoms with Crippen molar-refractivity contribution in [2.75, 3.05) is 5.01 Å². The molecule has 0 fully saturated rings. The smallest absolute Gasteiger partial charge is 0.173 e. The molecule has 0 saturated heterocycles. The minimum atomic E-state index is -0.369. The molecule has 3 aromatic rings. The van der Waals surface area contributed by atoms with Crippen LogP contribution in [0.25, 0.3) is 0 Å². The zero-order valence-corrected chi connectivity index (χ0v) is 16.8. The van der Waals surface area contributed by atoms with Gasteiger partial charge in [0.2, 0.25) is 0 Å². The van der Waals surface area contributed by atoms with Gasteiger partial charge < -0.3 is 5.73 Å². The van der Waals surface area contributed by atoms with E-state index in [1.807, 2.05) is 36.7 Å². The van der Waals surface area contributed by atoms with Gasteiger partial charge in [0, 0.05) is 23.5 Å². The van der Waals surface area contributed by atoms with E-state index in [4.69, 9.17) is 5.73 Å². The molecule has 2 unspecified atom stereocenters. The predicted molar refractivity (Wildman–Crippen MR) is 110 cm³/mol. The minimum absolute atomic E-state index is 0.0183. The van der Waals surface area contributed by atoms with Crippen LogP contribution in [0.3, 0.4) is 0 Å². The fourth-order valence-corrected chi connectivity index (χ4v) is 4.16. The molecule has 146 valence electrons. The molecule has 0 saturated carbocycles. The molecular formula is C19H22FN7S. The van der Waals surface area contributed by atoms with Crippen molar-refractivity contribution >= 4 is 22.6 Å². The SMILES string of the molecule is Cc1cc(C)n(C(C)C2=NN(c3ccn(Cc4ccccc4F)n3)C(N)S2)n1. The normalized spacial score (nSPS) is 17.8. The number of halogens is 1. The Labute approximate surface area is 167 Å². The molecule has 7 nitrogen and oxygen atoms in total. The highest BCUT2D eigenvalue weighted by Crippen LogP contribution is 2.32. The number of anilines is 1. The van der Waals surface area contributed by atoms with E-state index in [1.165, 1.54) is 17.8 Å². The summed E-state index contributed by atoms with van der Waals surface area (Å²) < 4.78 is 17.5. The van der Waals surface area contributed by atoms with Crippen molar-refractivity contribution < 1.29 is 4.39 Å². The monoisotopic (exact) mass is 399 g/mol. The number of rotatable bonds is 5. The fourth-order valence-electron chi connectivity index (χ4n) is 3.23. The van der Waals surface area contributed by atoms with Gasteiger partial charge in [0.05, 0.1) is 18.3 Å². The molecule has 1 aromatic carbocycles. The summed E-state index contributed by atoms with van der Waals surface area (Å²) >= 11 is 1.49. The number of nitrogens with zero attached hydrogens (tertiary/aromatic N) is 6. The van der Waals surface area contributed by atoms with Gasteiger partial charge >= 0.3 is 0 Å². The molecule has 2 aromatic heterocycles. The first-order chi connectivity index (χ1) is 13.4. The Morgan fingerprint density at radius 3 is 2.71 bits per heavy atom. The third-order valence-electron chi connectivity index (χ3n) is 4.61. The lowest BCUT2D eigenvalue weighted by Gasteiger charge is -2.15. The Kier molecular flexibility index (Phi) is 4.94. The molecule has 0 amide bonds. The Morgan fingerprint density at radius 1 is 1.21 bits per heavy atom. The maximum absolute atomic E-state index is 13.9. The third kappa shape index (κ3) is 3.55. The standard InChI is InChI=1S/C19H22FN7S/c1-12-10-13(2)26(22-12)14(3)18-24-27(19(21)28-18)17-8-9-25(23-17)11-15-6-4-5-7-16(15)20/h4-10,14,19H,11,21H2,1-3H3. The van der Waals surface area contributed by atoms with Gasteiger partial charge in [-0.25, -0.2) is 9.40 Å². The first kappa shape index (κ1) is 18.7. The first-order valence-electron chi connectivity index (χ1n) is 9.02. The van der Waals surface area contributed by atoms with Gasteiger partial charge in [0.15, 0.2) is 11.3 Å². The van der Waals surface area contributed by atoms with Crippen LogP contribution in [0.4, 0.5) is 10.2 Å². The van der Waals surface area contributed by atoms with Crippen LogP contribution in [-0.4, -0.2) is 30.1 Å². The van der Waals surface area contributed by atoms with Gasteiger partial charge in [-0.2, -0.15) is 15.3 Å². The molecule has 9 heteroatoms. The summed E-state index contributed by atoms with van der Waals surface area (Å²) in [7, 11) is 0. The molecule has 0 spiro atoms. The lowest BCUT2D eigenvalue weighted by Crippen LogP contribution is -2.32. The fraction of sp³-hybridized carbons (Fsp3) is 0.316. The van der Waals surface area contributed by atoms with Gasteiger partial charge in [0.1, 0.15) is 10.9 Å². The van der Waals surface area contributed by atoms with E-state index >= 15 is 0 Å². The topological polar surface area (TPSA) is 77.3 Å². The number of hydrogen-bond acceptors (Lipinski definition) is 6. The third-order valence-corrected chi connectivity index (χ3v) is 5.71. The van der Waals surface area contributed by atoms with Gasteiger partial charge in [-0.05, 0) is 32.9 Å². The number of aromatic nitrogens is 4. The zero-order valence-electron chi connectivity index (χ0n) is 16.0. The average molecular weight is 399 g/mol. The van der Waals surface area contributed by atoms with Crippen LogP contribution in [0.5, 0.6) is 0 Å². The summed E-state index contributed by atoms with van der Waals surface area (Å²) in [5.41, 5.74) is 8.55. The predicted octanol–water partition coefficient (Wildman–Crippen LogP) is 3.25. The Hall–Kier alpha value is -2.65. The second-order valence-electron chi connectivity index (χ2n) is 6.80. The van der Waals surface area contributed by atoms with Crippen LogP contribution >= 0.6 is 11.8 Å². The Morgan fingerprint density at radius 2 is 2.00 bits per heavy atom. The summed E-state index contributed by atoms with van der Waals surface area (Å²) in [5.74, 6) is 0.388. The van der Waals surface area contributed by atoms with Crippen LogP contribution in [-0.2, 0) is 6.54 Å². The number of thioether (sulfide) groups is 1. The van der Waals surface area contributed by atoms with Crippen molar-refractivity contribution in [3.63, 3.8) is 0 Å². The molecule has 4 rings (SSSR count). The molecular weight excluding hydrogens is 377 g/mol. The van der Waals surface area contributed by atoms with Gasteiger partial charge in [-0.3, -0.25) is 9.36 Å². The number of hydrogen-bond donors (Lipinski definition) is 1. The van der Waals surface area contributed by atoms with Crippen molar-refractivity contribution in [2.24, 2.45) is 10.8 Å². The van der Waals surface area contributed by atoms with E-state index in [0.717, 1.165) is 16.4 Å². The van der Waals surface area contributed by atoms with Crippen molar-refractivity contribution in [3.05, 3.63) is 65.4 Å². The van der Waals surface area contributed by atoms with Crippen LogP contribution in [0.15, 0.2) is 47.7 Å². The number of aryl methyl sites for hydroxylation is 2. The van der Waals surface area contributed by atoms with Gasteiger partial charge in [0.25, 0.3) is 0 Å². The summed E-state index contributed by atoms with van der Waals surface area (Å²) in [6.45, 7) is 6.40. The highest BCUT2D eigenvalue weighted by Gasteiger charge is 2.31. The lowest BCUT2D eigenvalue weighted by atomic mass is 10.2. The highest BCUT2D eigenvalue weighted by molar-refractivity contribution is 8.14. The van der Waals surface area contributed by atoms with Crippen LogP contribution in [0.2, 0.25) is 0 Å². The molecule has 2 N–H and O–H groups in total. The van der Waals surface area contributed by atoms with Gasteiger partial charge in [-0.15, -0.1) is 0 Å². The van der Waals surface area contributed by atoms with E-state index < -0.39 is 0 Å². The maximum atomic E-state index is 13.9. The molecule has 2 atom stereocenters. The first-order valence-corrected chi connectivity index (χ1v) is 9.90. The Balaban J connectivity index is 1.54. The molecule has 0 bridgehead atoms. The molecule has 3 heterocycles. The van der Waals surface area contributed by atoms with Crippen LogP contribution < -0.4 is 10.7 Å². The second-order valence-corrected chi connectivity index (χ2v) is 7.94. The molecule has 0 radical (unpaired) electrons. The molecule has 1 aliphatic heterocycles. The van der Waals surface area contributed by atoms with Crippen molar-refractivity contribution in [1.29, 1.82) is 0 Å². The average Bonchev–Trinajstić information content (AvgIpc) is 3.35. The van der Waals surface area contributed by atoms with Crippen molar-refractivity contribution in [1.82, 2.24) is 19.6 Å². The summed E-state index contributed by atoms with van der Waals surface area (Å²) in [6.07, 6.45) is 1.80. The van der Waals surface area contributed by atoms with E-state index in [0.29, 0.717) is 17.9 Å². The summed E-state index contributed by atoms with van der Waals surface area (Å²) in [6, 6.07) is 10.5. The lowest BCUT2D eigenvalue weighted by molar-refractivity contribution is 0.583. The van der Waals surface area contributed by atoms with E-state index in [9.17, 15) is 4.39 Å². The highest BCUT2D eigenvalue weighted by atomic mass is 32.2. The number of nitrogens with two attached hydrogens (primary N) is 1.